The van der Waals surface area contributed by atoms with Crippen LogP contribution in [0.1, 0.15) is 27.7 Å². The molecular formula is C17H29N5. The Kier molecular flexibility index (Phi) is 6.40. The van der Waals surface area contributed by atoms with Gasteiger partial charge >= 0.3 is 0 Å². The third-order valence-electron chi connectivity index (χ3n) is 3.89. The predicted octanol–water partition coefficient (Wildman–Crippen LogP) is 2.91. The van der Waals surface area contributed by atoms with Crippen molar-refractivity contribution in [1.29, 1.82) is 0 Å². The molecule has 0 aromatic heterocycles. The molecule has 0 amide bonds. The molecule has 0 spiro atoms. The molecule has 0 aromatic carbocycles. The van der Waals surface area contributed by atoms with Crippen LogP contribution < -0.4 is 0 Å². The number of nitrogens with zero attached hydrogens (tertiary/aromatic N) is 5. The number of hydrogen-bond acceptors (Lipinski definition) is 3. The van der Waals surface area contributed by atoms with Crippen molar-refractivity contribution in [3.63, 3.8) is 0 Å². The summed E-state index contributed by atoms with van der Waals surface area (Å²) < 4.78 is 0. The highest BCUT2D eigenvalue weighted by atomic mass is 15.2. The molecule has 0 fully saturated rings. The van der Waals surface area contributed by atoms with Gasteiger partial charge in [-0.25, -0.2) is 9.98 Å². The van der Waals surface area contributed by atoms with Crippen LogP contribution in [0.25, 0.3) is 0 Å². The summed E-state index contributed by atoms with van der Waals surface area (Å²) in [5.41, 5.74) is 4.33. The Balaban J connectivity index is 3.44. The second-order valence-corrected chi connectivity index (χ2v) is 5.60. The first-order valence-electron chi connectivity index (χ1n) is 7.62. The normalized spacial score (nSPS) is 20.0. The molecule has 0 bridgehead atoms. The van der Waals surface area contributed by atoms with E-state index in [4.69, 9.17) is 4.99 Å². The van der Waals surface area contributed by atoms with Gasteiger partial charge in [0.15, 0.2) is 0 Å². The van der Waals surface area contributed by atoms with Gasteiger partial charge in [0.25, 0.3) is 0 Å². The highest BCUT2D eigenvalue weighted by molar-refractivity contribution is 6.07. The maximum atomic E-state index is 4.72. The van der Waals surface area contributed by atoms with Gasteiger partial charge < -0.3 is 14.7 Å². The minimum atomic E-state index is 0.927. The molecule has 0 saturated heterocycles. The summed E-state index contributed by atoms with van der Waals surface area (Å²) in [6, 6.07) is 0. The van der Waals surface area contributed by atoms with Crippen LogP contribution in [0.3, 0.4) is 0 Å². The van der Waals surface area contributed by atoms with Gasteiger partial charge in [0.1, 0.15) is 5.84 Å². The highest BCUT2D eigenvalue weighted by Crippen LogP contribution is 2.32. The molecule has 0 aliphatic carbocycles. The van der Waals surface area contributed by atoms with Crippen LogP contribution in [-0.2, 0) is 0 Å². The molecule has 1 heterocycles. The summed E-state index contributed by atoms with van der Waals surface area (Å²) in [4.78, 5) is 15.6. The molecule has 1 aliphatic rings. The molecule has 1 rings (SSSR count). The van der Waals surface area contributed by atoms with E-state index in [-0.39, 0.29) is 0 Å². The molecule has 0 N–H and O–H groups in total. The van der Waals surface area contributed by atoms with Crippen molar-refractivity contribution < 1.29 is 0 Å². The van der Waals surface area contributed by atoms with Crippen LogP contribution in [0.2, 0.25) is 0 Å². The molecule has 0 radical (unpaired) electrons. The zero-order valence-electron chi connectivity index (χ0n) is 15.2. The van der Waals surface area contributed by atoms with E-state index in [0.29, 0.717) is 0 Å². The number of aliphatic imine (C=N–C) groups is 2. The lowest BCUT2D eigenvalue weighted by molar-refractivity contribution is 0.510. The number of rotatable bonds is 5. The van der Waals surface area contributed by atoms with Crippen molar-refractivity contribution in [3.8, 4) is 0 Å². The van der Waals surface area contributed by atoms with Crippen LogP contribution in [0, 0.1) is 0 Å². The molecule has 5 heteroatoms. The van der Waals surface area contributed by atoms with Gasteiger partial charge in [0, 0.05) is 52.3 Å². The summed E-state index contributed by atoms with van der Waals surface area (Å²) in [5, 5.41) is 0. The Bertz CT molecular complexity index is 549. The van der Waals surface area contributed by atoms with Crippen molar-refractivity contribution in [2.24, 2.45) is 9.98 Å². The second kappa shape index (κ2) is 7.82. The quantitative estimate of drug-likeness (QED) is 0.578. The number of allylic oxidation sites excluding steroid dienone is 3. The second-order valence-electron chi connectivity index (χ2n) is 5.60. The van der Waals surface area contributed by atoms with E-state index in [2.05, 4.69) is 40.5 Å². The van der Waals surface area contributed by atoms with Gasteiger partial charge in [-0.3, -0.25) is 0 Å². The third-order valence-corrected chi connectivity index (χ3v) is 3.89. The lowest BCUT2D eigenvalue weighted by Crippen LogP contribution is -2.22. The van der Waals surface area contributed by atoms with Gasteiger partial charge in [-0.15, -0.1) is 0 Å². The Morgan fingerprint density at radius 1 is 1.27 bits per heavy atom. The first-order chi connectivity index (χ1) is 10.3. The van der Waals surface area contributed by atoms with Crippen molar-refractivity contribution in [1.82, 2.24) is 14.7 Å². The van der Waals surface area contributed by atoms with E-state index in [1.807, 2.05) is 53.7 Å². The van der Waals surface area contributed by atoms with E-state index < -0.39 is 0 Å². The fraction of sp³-hybridized carbons (Fsp3) is 0.529. The van der Waals surface area contributed by atoms with Crippen LogP contribution in [-0.4, -0.2) is 61.6 Å². The first-order valence-corrected chi connectivity index (χ1v) is 7.62. The minimum absolute atomic E-state index is 0.927. The summed E-state index contributed by atoms with van der Waals surface area (Å²) in [6.07, 6.45) is 5.64. The molecule has 0 atom stereocenters. The van der Waals surface area contributed by atoms with E-state index in [9.17, 15) is 0 Å². The van der Waals surface area contributed by atoms with Crippen LogP contribution >= 0.6 is 0 Å². The van der Waals surface area contributed by atoms with Gasteiger partial charge in [0.2, 0.25) is 0 Å². The minimum Gasteiger partial charge on any atom is -0.381 e. The Morgan fingerprint density at radius 3 is 2.41 bits per heavy atom. The number of likely N-dealkylation sites (N-methyl/N-ethyl adjacent to an activating group) is 1. The molecule has 5 nitrogen and oxygen atoms in total. The molecule has 122 valence electrons. The molecule has 0 unspecified atom stereocenters. The van der Waals surface area contributed by atoms with Gasteiger partial charge in [-0.05, 0) is 27.7 Å². The maximum absolute atomic E-state index is 4.72. The van der Waals surface area contributed by atoms with Crippen LogP contribution in [0.5, 0.6) is 0 Å². The Hall–Kier alpha value is -2.04. The fourth-order valence-electron chi connectivity index (χ4n) is 2.02. The maximum Gasteiger partial charge on any atom is 0.143 e. The highest BCUT2D eigenvalue weighted by Gasteiger charge is 2.30. The molecule has 0 aromatic rings. The zero-order chi connectivity index (χ0) is 16.9. The van der Waals surface area contributed by atoms with Gasteiger partial charge in [0.05, 0.1) is 17.6 Å². The topological polar surface area (TPSA) is 34.4 Å². The van der Waals surface area contributed by atoms with Crippen molar-refractivity contribution in [2.45, 2.75) is 27.7 Å². The largest absolute Gasteiger partial charge is 0.381 e. The number of hydrogen-bond donors (Lipinski definition) is 0. The Labute approximate surface area is 135 Å². The van der Waals surface area contributed by atoms with Crippen molar-refractivity contribution in [2.75, 3.05) is 34.7 Å². The van der Waals surface area contributed by atoms with E-state index in [1.165, 1.54) is 0 Å². The standard InChI is InChI=1S/C17H29N5/c1-9-11-18-17-15(13(3)20(5)6)16(14(4)22(17)8)19-12-21(7)10-2/h9,11-12H,10H2,1-8H3/b11-9-,15-13+,18-17+,19-12?. The monoisotopic (exact) mass is 303 g/mol. The average Bonchev–Trinajstić information content (AvgIpc) is 2.73. The summed E-state index contributed by atoms with van der Waals surface area (Å²) in [7, 11) is 8.15. The van der Waals surface area contributed by atoms with Crippen LogP contribution in [0.4, 0.5) is 0 Å². The third kappa shape index (κ3) is 3.78. The van der Waals surface area contributed by atoms with Crippen molar-refractivity contribution in [3.05, 3.63) is 34.9 Å². The lowest BCUT2D eigenvalue weighted by Gasteiger charge is -2.19. The van der Waals surface area contributed by atoms with E-state index >= 15 is 0 Å². The smallest absolute Gasteiger partial charge is 0.143 e. The first kappa shape index (κ1) is 18.0. The van der Waals surface area contributed by atoms with E-state index in [1.54, 1.807) is 0 Å². The zero-order valence-corrected chi connectivity index (χ0v) is 15.2. The van der Waals surface area contributed by atoms with E-state index in [0.717, 1.165) is 35.0 Å². The SMILES string of the molecule is C\C=C/N=C1\C(=C(/C)N(C)C)C(N=CN(C)CC)=C(C)N1C. The average molecular weight is 303 g/mol. The van der Waals surface area contributed by atoms with Crippen molar-refractivity contribution >= 4 is 12.2 Å². The van der Waals surface area contributed by atoms with Gasteiger partial charge in [-0.1, -0.05) is 6.08 Å². The molecule has 0 saturated carbocycles. The lowest BCUT2D eigenvalue weighted by atomic mass is 10.1. The molecular weight excluding hydrogens is 274 g/mol. The Morgan fingerprint density at radius 2 is 1.91 bits per heavy atom. The van der Waals surface area contributed by atoms with Crippen LogP contribution in [0.15, 0.2) is 44.9 Å². The summed E-state index contributed by atoms with van der Waals surface area (Å²) in [5.74, 6) is 0.938. The summed E-state index contributed by atoms with van der Waals surface area (Å²) >= 11 is 0. The molecule has 1 aliphatic heterocycles. The fourth-order valence-corrected chi connectivity index (χ4v) is 2.02. The van der Waals surface area contributed by atoms with Gasteiger partial charge in [-0.2, -0.15) is 0 Å². The number of amidine groups is 1. The summed E-state index contributed by atoms with van der Waals surface area (Å²) in [6.45, 7) is 9.19. The predicted molar refractivity (Wildman–Crippen MR) is 95.9 cm³/mol. The molecule has 22 heavy (non-hydrogen) atoms.